The quantitative estimate of drug-likeness (QED) is 0.817. The number of carbonyl (C=O) groups excluding carboxylic acids is 1. The van der Waals surface area contributed by atoms with Crippen molar-refractivity contribution in [2.24, 2.45) is 0 Å². The molecule has 7 nitrogen and oxygen atoms in total. The number of para-hydroxylation sites is 1. The second-order valence-electron chi connectivity index (χ2n) is 6.06. The number of hydrogen-bond acceptors (Lipinski definition) is 6. The smallest absolute Gasteiger partial charge is 0.326 e. The molecule has 128 valence electrons. The lowest BCUT2D eigenvalue weighted by Crippen LogP contribution is -2.54. The van der Waals surface area contributed by atoms with E-state index >= 15 is 0 Å². The molecule has 1 N–H and O–H groups in total. The van der Waals surface area contributed by atoms with Crippen LogP contribution >= 0.6 is 0 Å². The maximum Gasteiger partial charge on any atom is 0.326 e. The lowest BCUT2D eigenvalue weighted by atomic mass is 9.81. The maximum atomic E-state index is 12.5. The predicted octanol–water partition coefficient (Wildman–Crippen LogP) is 2.02. The third kappa shape index (κ3) is 3.46. The van der Waals surface area contributed by atoms with Gasteiger partial charge >= 0.3 is 5.97 Å². The molecular weight excluding hydrogens is 306 g/mol. The van der Waals surface area contributed by atoms with E-state index in [9.17, 15) is 4.79 Å². The molecule has 0 saturated heterocycles. The number of hydrogen-bond donors (Lipinski definition) is 1. The molecule has 1 saturated carbocycles. The fraction of sp³-hybridized carbons (Fsp3) is 0.529. The zero-order valence-electron chi connectivity index (χ0n) is 13.9. The molecule has 24 heavy (non-hydrogen) atoms. The maximum absolute atomic E-state index is 12.5. The van der Waals surface area contributed by atoms with E-state index in [1.807, 2.05) is 37.3 Å². The second-order valence-corrected chi connectivity index (χ2v) is 6.06. The summed E-state index contributed by atoms with van der Waals surface area (Å²) in [5.74, 6) is 0.513. The van der Waals surface area contributed by atoms with Crippen molar-refractivity contribution in [2.45, 2.75) is 51.1 Å². The van der Waals surface area contributed by atoms with Crippen LogP contribution in [0.2, 0.25) is 0 Å². The Hall–Kier alpha value is -2.28. The number of esters is 1. The molecule has 0 radical (unpaired) electrons. The van der Waals surface area contributed by atoms with Crippen LogP contribution < -0.4 is 5.32 Å². The van der Waals surface area contributed by atoms with Crippen molar-refractivity contribution in [1.82, 2.24) is 25.5 Å². The topological polar surface area (TPSA) is 81.9 Å². The van der Waals surface area contributed by atoms with Crippen LogP contribution in [0.4, 0.5) is 0 Å². The molecular formula is C17H23N5O2. The number of nitrogens with one attached hydrogen (secondary N) is 1. The van der Waals surface area contributed by atoms with Gasteiger partial charge in [0.1, 0.15) is 5.54 Å². The molecule has 1 fully saturated rings. The van der Waals surface area contributed by atoms with Gasteiger partial charge in [0.2, 0.25) is 0 Å². The Labute approximate surface area is 141 Å². The molecule has 1 aromatic carbocycles. The van der Waals surface area contributed by atoms with Crippen LogP contribution in [0.15, 0.2) is 30.3 Å². The van der Waals surface area contributed by atoms with Gasteiger partial charge < -0.3 is 4.74 Å². The first-order valence-corrected chi connectivity index (χ1v) is 8.50. The van der Waals surface area contributed by atoms with Crippen molar-refractivity contribution >= 4 is 5.97 Å². The molecule has 2 aromatic rings. The summed E-state index contributed by atoms with van der Waals surface area (Å²) in [6, 6.07) is 9.72. The van der Waals surface area contributed by atoms with Gasteiger partial charge in [0.15, 0.2) is 5.82 Å². The van der Waals surface area contributed by atoms with Gasteiger partial charge in [0.05, 0.1) is 18.8 Å². The SMILES string of the molecule is CCOC(=O)C1(NCc2nnnn2-c2ccccc2)CCCCC1. The van der Waals surface area contributed by atoms with Gasteiger partial charge in [-0.1, -0.05) is 37.5 Å². The predicted molar refractivity (Wildman–Crippen MR) is 88.4 cm³/mol. The van der Waals surface area contributed by atoms with Crippen molar-refractivity contribution in [3.63, 3.8) is 0 Å². The van der Waals surface area contributed by atoms with Crippen LogP contribution in [0.25, 0.3) is 5.69 Å². The highest BCUT2D eigenvalue weighted by atomic mass is 16.5. The molecule has 1 aliphatic rings. The van der Waals surface area contributed by atoms with Crippen LogP contribution in [-0.4, -0.2) is 38.3 Å². The van der Waals surface area contributed by atoms with Gasteiger partial charge in [0.25, 0.3) is 0 Å². The summed E-state index contributed by atoms with van der Waals surface area (Å²) >= 11 is 0. The molecule has 1 aliphatic carbocycles. The zero-order chi connectivity index (χ0) is 16.8. The molecule has 0 aliphatic heterocycles. The van der Waals surface area contributed by atoms with Crippen molar-refractivity contribution < 1.29 is 9.53 Å². The average Bonchev–Trinajstić information content (AvgIpc) is 3.10. The first kappa shape index (κ1) is 16.6. The van der Waals surface area contributed by atoms with Crippen molar-refractivity contribution in [1.29, 1.82) is 0 Å². The third-order valence-corrected chi connectivity index (χ3v) is 4.49. The molecule has 3 rings (SSSR count). The van der Waals surface area contributed by atoms with Crippen molar-refractivity contribution in [2.75, 3.05) is 6.61 Å². The summed E-state index contributed by atoms with van der Waals surface area (Å²) in [6.45, 7) is 2.65. The van der Waals surface area contributed by atoms with E-state index in [0.717, 1.165) is 37.8 Å². The Morgan fingerprint density at radius 1 is 1.25 bits per heavy atom. The minimum Gasteiger partial charge on any atom is -0.465 e. The van der Waals surface area contributed by atoms with Gasteiger partial charge in [-0.15, -0.1) is 5.10 Å². The number of benzene rings is 1. The number of nitrogens with zero attached hydrogens (tertiary/aromatic N) is 4. The van der Waals surface area contributed by atoms with Crippen LogP contribution in [0.1, 0.15) is 44.9 Å². The summed E-state index contributed by atoms with van der Waals surface area (Å²) in [5.41, 5.74) is 0.273. The summed E-state index contributed by atoms with van der Waals surface area (Å²) in [4.78, 5) is 12.5. The molecule has 0 spiro atoms. The molecule has 0 unspecified atom stereocenters. The number of aromatic nitrogens is 4. The second kappa shape index (κ2) is 7.53. The van der Waals surface area contributed by atoms with Crippen molar-refractivity contribution in [3.05, 3.63) is 36.2 Å². The molecule has 0 amide bonds. The normalized spacial score (nSPS) is 16.7. The van der Waals surface area contributed by atoms with E-state index in [0.29, 0.717) is 19.0 Å². The van der Waals surface area contributed by atoms with Crippen LogP contribution in [0.3, 0.4) is 0 Å². The van der Waals surface area contributed by atoms with Crippen LogP contribution in [-0.2, 0) is 16.1 Å². The van der Waals surface area contributed by atoms with Gasteiger partial charge in [0, 0.05) is 0 Å². The molecule has 0 bridgehead atoms. The number of rotatable bonds is 6. The van der Waals surface area contributed by atoms with E-state index in [-0.39, 0.29) is 5.97 Å². The Kier molecular flexibility index (Phi) is 5.20. The lowest BCUT2D eigenvalue weighted by molar-refractivity contribution is -0.153. The summed E-state index contributed by atoms with van der Waals surface area (Å²) in [6.07, 6.45) is 4.78. The van der Waals surface area contributed by atoms with Crippen LogP contribution in [0.5, 0.6) is 0 Å². The average molecular weight is 329 g/mol. The van der Waals surface area contributed by atoms with Gasteiger partial charge in [-0.3, -0.25) is 10.1 Å². The van der Waals surface area contributed by atoms with Crippen molar-refractivity contribution in [3.8, 4) is 5.69 Å². The van der Waals surface area contributed by atoms with Crippen LogP contribution in [0, 0.1) is 0 Å². The zero-order valence-corrected chi connectivity index (χ0v) is 13.9. The fourth-order valence-corrected chi connectivity index (χ4v) is 3.21. The first-order valence-electron chi connectivity index (χ1n) is 8.50. The van der Waals surface area contributed by atoms with E-state index < -0.39 is 5.54 Å². The fourth-order valence-electron chi connectivity index (χ4n) is 3.21. The summed E-state index contributed by atoms with van der Waals surface area (Å²) in [7, 11) is 0. The van der Waals surface area contributed by atoms with Gasteiger partial charge in [-0.05, 0) is 42.3 Å². The largest absolute Gasteiger partial charge is 0.465 e. The number of ether oxygens (including phenoxy) is 1. The first-order chi connectivity index (χ1) is 11.7. The summed E-state index contributed by atoms with van der Waals surface area (Å²) < 4.78 is 7.00. The number of carbonyl (C=O) groups is 1. The monoisotopic (exact) mass is 329 g/mol. The minimum atomic E-state index is -0.623. The van der Waals surface area contributed by atoms with E-state index in [4.69, 9.17) is 4.74 Å². The Bertz CT molecular complexity index is 665. The lowest BCUT2D eigenvalue weighted by Gasteiger charge is -2.35. The van der Waals surface area contributed by atoms with Gasteiger partial charge in [-0.2, -0.15) is 4.68 Å². The third-order valence-electron chi connectivity index (χ3n) is 4.49. The van der Waals surface area contributed by atoms with E-state index in [1.165, 1.54) is 0 Å². The Balaban J connectivity index is 1.76. The van der Waals surface area contributed by atoms with Gasteiger partial charge in [-0.25, -0.2) is 0 Å². The highest BCUT2D eigenvalue weighted by Gasteiger charge is 2.40. The molecule has 7 heteroatoms. The Morgan fingerprint density at radius 2 is 2.00 bits per heavy atom. The van der Waals surface area contributed by atoms with E-state index in [1.54, 1.807) is 4.68 Å². The Morgan fingerprint density at radius 3 is 2.71 bits per heavy atom. The minimum absolute atomic E-state index is 0.163. The van der Waals surface area contributed by atoms with E-state index in [2.05, 4.69) is 20.8 Å². The molecule has 1 heterocycles. The highest BCUT2D eigenvalue weighted by Crippen LogP contribution is 2.30. The molecule has 0 atom stereocenters. The summed E-state index contributed by atoms with van der Waals surface area (Å²) in [5, 5.41) is 15.3. The highest BCUT2D eigenvalue weighted by molar-refractivity contribution is 5.81. The number of tetrazole rings is 1. The molecule has 1 aromatic heterocycles. The standard InChI is InChI=1S/C17H23N5O2/c1-2-24-16(23)17(11-7-4-8-12-17)18-13-15-19-20-21-22(15)14-9-5-3-6-10-14/h3,5-6,9-10,18H,2,4,7-8,11-13H2,1H3.